The van der Waals surface area contributed by atoms with Crippen LogP contribution in [0.25, 0.3) is 0 Å². The SMILES string of the molecule is CC(=O)NCc1ccc(S(=O)(=O)N2CCC[C@@H]2c2ccc3c(c2)OCCCO3)cc1. The van der Waals surface area contributed by atoms with Crippen LogP contribution in [-0.2, 0) is 21.4 Å². The van der Waals surface area contributed by atoms with E-state index >= 15 is 0 Å². The molecule has 2 aromatic rings. The highest BCUT2D eigenvalue weighted by molar-refractivity contribution is 7.89. The first-order valence-electron chi connectivity index (χ1n) is 10.2. The lowest BCUT2D eigenvalue weighted by atomic mass is 10.0. The topological polar surface area (TPSA) is 84.9 Å². The summed E-state index contributed by atoms with van der Waals surface area (Å²) in [6, 6.07) is 12.2. The number of benzene rings is 2. The van der Waals surface area contributed by atoms with Gasteiger partial charge in [-0.3, -0.25) is 4.79 Å². The van der Waals surface area contributed by atoms with E-state index in [1.807, 2.05) is 18.2 Å². The summed E-state index contributed by atoms with van der Waals surface area (Å²) in [5.41, 5.74) is 1.77. The third-order valence-corrected chi connectivity index (χ3v) is 7.35. The van der Waals surface area contributed by atoms with E-state index in [2.05, 4.69) is 5.32 Å². The minimum absolute atomic E-state index is 0.123. The molecule has 8 heteroatoms. The van der Waals surface area contributed by atoms with Gasteiger partial charge in [0.15, 0.2) is 11.5 Å². The molecule has 2 heterocycles. The smallest absolute Gasteiger partial charge is 0.243 e. The first kappa shape index (κ1) is 20.7. The average Bonchev–Trinajstić information content (AvgIpc) is 3.12. The van der Waals surface area contributed by atoms with Crippen LogP contribution in [0.3, 0.4) is 0 Å². The van der Waals surface area contributed by atoms with Crippen LogP contribution in [0, 0.1) is 0 Å². The highest BCUT2D eigenvalue weighted by atomic mass is 32.2. The van der Waals surface area contributed by atoms with Crippen molar-refractivity contribution in [3.05, 3.63) is 53.6 Å². The van der Waals surface area contributed by atoms with Crippen molar-refractivity contribution in [1.29, 1.82) is 0 Å². The van der Waals surface area contributed by atoms with Crippen LogP contribution in [0.2, 0.25) is 0 Å². The summed E-state index contributed by atoms with van der Waals surface area (Å²) in [6.45, 7) is 3.52. The Balaban J connectivity index is 1.56. The van der Waals surface area contributed by atoms with Crippen LogP contribution in [0.4, 0.5) is 0 Å². The average molecular weight is 431 g/mol. The summed E-state index contributed by atoms with van der Waals surface area (Å²) < 4.78 is 39.7. The molecule has 0 spiro atoms. The number of hydrogen-bond acceptors (Lipinski definition) is 5. The van der Waals surface area contributed by atoms with Gasteiger partial charge in [-0.2, -0.15) is 4.31 Å². The Hall–Kier alpha value is -2.58. The Morgan fingerprint density at radius 1 is 1.07 bits per heavy atom. The lowest BCUT2D eigenvalue weighted by Crippen LogP contribution is -2.30. The lowest BCUT2D eigenvalue weighted by molar-refractivity contribution is -0.119. The van der Waals surface area contributed by atoms with E-state index < -0.39 is 10.0 Å². The predicted molar refractivity (Wildman–Crippen MR) is 112 cm³/mol. The molecular weight excluding hydrogens is 404 g/mol. The van der Waals surface area contributed by atoms with Crippen molar-refractivity contribution in [3.8, 4) is 11.5 Å². The molecule has 0 aromatic heterocycles. The van der Waals surface area contributed by atoms with Gasteiger partial charge in [-0.25, -0.2) is 8.42 Å². The van der Waals surface area contributed by atoms with Crippen molar-refractivity contribution in [2.45, 2.75) is 43.7 Å². The zero-order valence-electron chi connectivity index (χ0n) is 17.0. The second-order valence-corrected chi connectivity index (χ2v) is 9.47. The molecular formula is C22H26N2O5S. The number of rotatable bonds is 5. The summed E-state index contributed by atoms with van der Waals surface area (Å²) in [4.78, 5) is 11.3. The van der Waals surface area contributed by atoms with E-state index in [1.165, 1.54) is 6.92 Å². The van der Waals surface area contributed by atoms with Crippen LogP contribution in [-0.4, -0.2) is 38.4 Å². The molecule has 1 saturated heterocycles. The number of ether oxygens (including phenoxy) is 2. The normalized spacial score (nSPS) is 19.3. The van der Waals surface area contributed by atoms with Gasteiger partial charge < -0.3 is 14.8 Å². The van der Waals surface area contributed by atoms with E-state index in [0.717, 1.165) is 30.4 Å². The Morgan fingerprint density at radius 3 is 2.53 bits per heavy atom. The quantitative estimate of drug-likeness (QED) is 0.788. The van der Waals surface area contributed by atoms with Gasteiger partial charge in [0, 0.05) is 26.4 Å². The summed E-state index contributed by atoms with van der Waals surface area (Å²) in [7, 11) is -3.64. The van der Waals surface area contributed by atoms with Gasteiger partial charge in [0.1, 0.15) is 0 Å². The summed E-state index contributed by atoms with van der Waals surface area (Å²) in [5.74, 6) is 1.26. The van der Waals surface area contributed by atoms with Crippen molar-refractivity contribution >= 4 is 15.9 Å². The maximum Gasteiger partial charge on any atom is 0.243 e. The molecule has 2 aliphatic rings. The van der Waals surface area contributed by atoms with Crippen LogP contribution in [0.15, 0.2) is 47.4 Å². The summed E-state index contributed by atoms with van der Waals surface area (Å²) in [6.07, 6.45) is 2.39. The molecule has 0 bridgehead atoms. The fourth-order valence-corrected chi connectivity index (χ4v) is 5.57. The molecule has 0 unspecified atom stereocenters. The fourth-order valence-electron chi connectivity index (χ4n) is 3.89. The van der Waals surface area contributed by atoms with E-state index in [9.17, 15) is 13.2 Å². The Labute approximate surface area is 177 Å². The van der Waals surface area contributed by atoms with Crippen LogP contribution < -0.4 is 14.8 Å². The molecule has 7 nitrogen and oxygen atoms in total. The molecule has 0 saturated carbocycles. The number of fused-ring (bicyclic) bond motifs is 1. The minimum Gasteiger partial charge on any atom is -0.490 e. The van der Waals surface area contributed by atoms with E-state index in [1.54, 1.807) is 28.6 Å². The van der Waals surface area contributed by atoms with Crippen LogP contribution >= 0.6 is 0 Å². The molecule has 0 aliphatic carbocycles. The number of nitrogens with zero attached hydrogens (tertiary/aromatic N) is 1. The van der Waals surface area contributed by atoms with Gasteiger partial charge in [-0.05, 0) is 48.2 Å². The monoisotopic (exact) mass is 430 g/mol. The summed E-state index contributed by atoms with van der Waals surface area (Å²) >= 11 is 0. The number of amides is 1. The van der Waals surface area contributed by atoms with Crippen molar-refractivity contribution in [3.63, 3.8) is 0 Å². The molecule has 1 amide bonds. The van der Waals surface area contributed by atoms with Gasteiger partial charge in [-0.15, -0.1) is 0 Å². The van der Waals surface area contributed by atoms with Gasteiger partial charge in [0.2, 0.25) is 15.9 Å². The first-order valence-corrected chi connectivity index (χ1v) is 11.6. The molecule has 2 aromatic carbocycles. The highest BCUT2D eigenvalue weighted by Crippen LogP contribution is 2.40. The van der Waals surface area contributed by atoms with Gasteiger partial charge >= 0.3 is 0 Å². The Bertz CT molecular complexity index is 1020. The van der Waals surface area contributed by atoms with Crippen LogP contribution in [0.1, 0.15) is 43.4 Å². The molecule has 0 radical (unpaired) electrons. The molecule has 1 fully saturated rings. The molecule has 160 valence electrons. The number of nitrogens with one attached hydrogen (secondary N) is 1. The van der Waals surface area contributed by atoms with E-state index in [-0.39, 0.29) is 16.8 Å². The zero-order valence-corrected chi connectivity index (χ0v) is 17.8. The zero-order chi connectivity index (χ0) is 21.1. The van der Waals surface area contributed by atoms with Gasteiger partial charge in [-0.1, -0.05) is 18.2 Å². The number of carbonyl (C=O) groups is 1. The number of hydrogen-bond donors (Lipinski definition) is 1. The largest absolute Gasteiger partial charge is 0.490 e. The van der Waals surface area contributed by atoms with Crippen molar-refractivity contribution in [1.82, 2.24) is 9.62 Å². The maximum absolute atomic E-state index is 13.3. The third-order valence-electron chi connectivity index (χ3n) is 5.43. The second-order valence-electron chi connectivity index (χ2n) is 7.58. The standard InChI is InChI=1S/C22H26N2O5S/c1-16(25)23-15-17-5-8-19(9-6-17)30(26,27)24-11-2-4-20(24)18-7-10-21-22(14-18)29-13-3-12-28-21/h5-10,14,20H,2-4,11-13,15H2,1H3,(H,23,25)/t20-/m1/s1. The van der Waals surface area contributed by atoms with Gasteiger partial charge in [0.05, 0.1) is 24.2 Å². The maximum atomic E-state index is 13.3. The highest BCUT2D eigenvalue weighted by Gasteiger charge is 2.36. The molecule has 4 rings (SSSR count). The van der Waals surface area contributed by atoms with Crippen LogP contribution in [0.5, 0.6) is 11.5 Å². The Morgan fingerprint density at radius 2 is 1.80 bits per heavy atom. The van der Waals surface area contributed by atoms with E-state index in [4.69, 9.17) is 9.47 Å². The minimum atomic E-state index is -3.64. The molecule has 1 N–H and O–H groups in total. The van der Waals surface area contributed by atoms with Gasteiger partial charge in [0.25, 0.3) is 0 Å². The second kappa shape index (κ2) is 8.65. The summed E-state index contributed by atoms with van der Waals surface area (Å²) in [5, 5.41) is 2.71. The molecule has 1 atom stereocenters. The molecule has 2 aliphatic heterocycles. The number of sulfonamides is 1. The fraction of sp³-hybridized carbons (Fsp3) is 0.409. The third kappa shape index (κ3) is 4.29. The van der Waals surface area contributed by atoms with Crippen molar-refractivity contribution in [2.24, 2.45) is 0 Å². The Kier molecular flexibility index (Phi) is 5.97. The predicted octanol–water partition coefficient (Wildman–Crippen LogP) is 3.01. The molecule has 30 heavy (non-hydrogen) atoms. The first-order chi connectivity index (χ1) is 14.4. The number of carbonyl (C=O) groups excluding carboxylic acids is 1. The van der Waals surface area contributed by atoms with E-state index in [0.29, 0.717) is 37.8 Å². The van der Waals surface area contributed by atoms with Crippen molar-refractivity contribution in [2.75, 3.05) is 19.8 Å². The lowest BCUT2D eigenvalue weighted by Gasteiger charge is -2.25. The van der Waals surface area contributed by atoms with Crippen molar-refractivity contribution < 1.29 is 22.7 Å².